The van der Waals surface area contributed by atoms with Crippen molar-refractivity contribution in [3.8, 4) is 0 Å². The van der Waals surface area contributed by atoms with E-state index in [4.69, 9.17) is 28.2 Å². The molecule has 4 aromatic rings. The lowest BCUT2D eigenvalue weighted by Gasteiger charge is -2.36. The SMILES string of the molecule is O=C(CSc1nc(Cl)cc(N2CCN(c3cccc(Cl)c3)CC2)n1)NC(Cc1ccccc1)c1ccccc1. The molecule has 6 nitrogen and oxygen atoms in total. The molecule has 2 heterocycles. The number of nitrogens with one attached hydrogen (secondary N) is 1. The van der Waals surface area contributed by atoms with Crippen molar-refractivity contribution in [2.24, 2.45) is 0 Å². The van der Waals surface area contributed by atoms with Gasteiger partial charge in [0.15, 0.2) is 5.16 Å². The van der Waals surface area contributed by atoms with Gasteiger partial charge in [0, 0.05) is 43.0 Å². The predicted octanol–water partition coefficient (Wildman–Crippen LogP) is 6.30. The molecule has 1 aliphatic heterocycles. The van der Waals surface area contributed by atoms with Crippen LogP contribution in [0.1, 0.15) is 17.2 Å². The Kier molecular flexibility index (Phi) is 9.24. The van der Waals surface area contributed by atoms with E-state index in [9.17, 15) is 4.79 Å². The van der Waals surface area contributed by atoms with Crippen LogP contribution in [0, 0.1) is 0 Å². The largest absolute Gasteiger partial charge is 0.368 e. The topological polar surface area (TPSA) is 61.4 Å². The first-order valence-corrected chi connectivity index (χ1v) is 14.6. The van der Waals surface area contributed by atoms with Gasteiger partial charge < -0.3 is 15.1 Å². The normalized spacial score (nSPS) is 14.2. The zero-order chi connectivity index (χ0) is 27.0. The third-order valence-electron chi connectivity index (χ3n) is 6.59. The lowest BCUT2D eigenvalue weighted by atomic mass is 9.99. The number of halogens is 2. The van der Waals surface area contributed by atoms with Gasteiger partial charge in [0.25, 0.3) is 0 Å². The fraction of sp³-hybridized carbons (Fsp3) is 0.233. The zero-order valence-corrected chi connectivity index (χ0v) is 23.7. The van der Waals surface area contributed by atoms with Crippen LogP contribution in [-0.4, -0.2) is 47.8 Å². The number of benzene rings is 3. The monoisotopic (exact) mass is 577 g/mol. The summed E-state index contributed by atoms with van der Waals surface area (Å²) in [6.07, 6.45) is 0.709. The minimum Gasteiger partial charge on any atom is -0.368 e. The highest BCUT2D eigenvalue weighted by molar-refractivity contribution is 7.99. The second-order valence-corrected chi connectivity index (χ2v) is 11.1. The molecule has 0 radical (unpaired) electrons. The van der Waals surface area contributed by atoms with Gasteiger partial charge in [-0.3, -0.25) is 4.79 Å². The molecule has 0 saturated carbocycles. The lowest BCUT2D eigenvalue weighted by molar-refractivity contribution is -0.119. The Morgan fingerprint density at radius 3 is 2.26 bits per heavy atom. The molecule has 1 atom stereocenters. The van der Waals surface area contributed by atoms with Crippen molar-refractivity contribution in [3.05, 3.63) is 112 Å². The van der Waals surface area contributed by atoms with Crippen molar-refractivity contribution in [1.82, 2.24) is 15.3 Å². The Hall–Kier alpha value is -3.26. The number of anilines is 2. The first-order valence-electron chi connectivity index (χ1n) is 12.8. The summed E-state index contributed by atoms with van der Waals surface area (Å²) >= 11 is 13.8. The summed E-state index contributed by atoms with van der Waals surface area (Å²) in [7, 11) is 0. The fourth-order valence-corrected chi connectivity index (χ4v) is 5.71. The molecule has 1 fully saturated rings. The van der Waals surface area contributed by atoms with Crippen LogP contribution < -0.4 is 15.1 Å². The van der Waals surface area contributed by atoms with Crippen molar-refractivity contribution in [2.45, 2.75) is 17.6 Å². The summed E-state index contributed by atoms with van der Waals surface area (Å²) in [6, 6.07) is 29.8. The smallest absolute Gasteiger partial charge is 0.230 e. The summed E-state index contributed by atoms with van der Waals surface area (Å²) in [4.78, 5) is 26.6. The van der Waals surface area contributed by atoms with Crippen LogP contribution in [0.2, 0.25) is 10.2 Å². The van der Waals surface area contributed by atoms with Gasteiger partial charge >= 0.3 is 0 Å². The van der Waals surface area contributed by atoms with E-state index in [1.807, 2.05) is 66.7 Å². The van der Waals surface area contributed by atoms with Crippen LogP contribution in [0.15, 0.2) is 96.2 Å². The number of thioether (sulfide) groups is 1. The average Bonchev–Trinajstić information content (AvgIpc) is 2.97. The van der Waals surface area contributed by atoms with Gasteiger partial charge in [-0.15, -0.1) is 0 Å². The molecule has 1 unspecified atom stereocenters. The quantitative estimate of drug-likeness (QED) is 0.143. The van der Waals surface area contributed by atoms with Gasteiger partial charge in [-0.1, -0.05) is 102 Å². The van der Waals surface area contributed by atoms with Crippen molar-refractivity contribution in [1.29, 1.82) is 0 Å². The van der Waals surface area contributed by atoms with Crippen LogP contribution >= 0.6 is 35.0 Å². The van der Waals surface area contributed by atoms with Crippen LogP contribution in [0.3, 0.4) is 0 Å². The molecule has 5 rings (SSSR count). The van der Waals surface area contributed by atoms with E-state index >= 15 is 0 Å². The molecule has 0 bridgehead atoms. The highest BCUT2D eigenvalue weighted by Gasteiger charge is 2.21. The molecule has 1 aromatic heterocycles. The molecule has 1 aliphatic rings. The van der Waals surface area contributed by atoms with Gasteiger partial charge in [-0.2, -0.15) is 0 Å². The molecule has 1 amide bonds. The van der Waals surface area contributed by atoms with Crippen LogP contribution in [0.4, 0.5) is 11.5 Å². The Bertz CT molecular complexity index is 1380. The third-order valence-corrected chi connectivity index (χ3v) is 7.87. The van der Waals surface area contributed by atoms with E-state index in [2.05, 4.69) is 38.3 Å². The summed E-state index contributed by atoms with van der Waals surface area (Å²) in [5, 5.41) is 4.79. The number of amides is 1. The summed E-state index contributed by atoms with van der Waals surface area (Å²) in [5.74, 6) is 0.889. The highest BCUT2D eigenvalue weighted by Crippen LogP contribution is 2.26. The number of aromatic nitrogens is 2. The second-order valence-electron chi connectivity index (χ2n) is 9.29. The molecule has 9 heteroatoms. The van der Waals surface area contributed by atoms with E-state index in [0.717, 1.165) is 53.8 Å². The van der Waals surface area contributed by atoms with Crippen LogP contribution in [-0.2, 0) is 11.2 Å². The van der Waals surface area contributed by atoms with Crippen molar-refractivity contribution in [2.75, 3.05) is 41.7 Å². The van der Waals surface area contributed by atoms with Crippen molar-refractivity contribution >= 4 is 52.4 Å². The molecule has 0 aliphatic carbocycles. The molecule has 3 aromatic carbocycles. The average molecular weight is 579 g/mol. The van der Waals surface area contributed by atoms with Gasteiger partial charge in [0.2, 0.25) is 5.91 Å². The second kappa shape index (κ2) is 13.2. The zero-order valence-electron chi connectivity index (χ0n) is 21.3. The highest BCUT2D eigenvalue weighted by atomic mass is 35.5. The maximum absolute atomic E-state index is 13.0. The first-order chi connectivity index (χ1) is 19.0. The first kappa shape index (κ1) is 27.3. The number of rotatable bonds is 9. The Labute approximate surface area is 243 Å². The summed E-state index contributed by atoms with van der Waals surface area (Å²) in [5.41, 5.74) is 3.35. The Morgan fingerprint density at radius 2 is 1.54 bits per heavy atom. The molecular formula is C30H29Cl2N5OS. The maximum atomic E-state index is 13.0. The molecule has 1 N–H and O–H groups in total. The number of piperazine rings is 1. The Balaban J connectivity index is 1.20. The standard InChI is InChI=1S/C30H29Cl2N5OS/c31-24-12-7-13-25(19-24)36-14-16-37(17-15-36)28-20-27(32)34-30(35-28)39-21-29(38)33-26(23-10-5-2-6-11-23)18-22-8-3-1-4-9-22/h1-13,19-20,26H,14-18,21H2,(H,33,38). The molecule has 0 spiro atoms. The molecular weight excluding hydrogens is 549 g/mol. The van der Waals surface area contributed by atoms with Crippen LogP contribution in [0.25, 0.3) is 0 Å². The molecule has 1 saturated heterocycles. The van der Waals surface area contributed by atoms with E-state index in [-0.39, 0.29) is 17.7 Å². The van der Waals surface area contributed by atoms with E-state index < -0.39 is 0 Å². The lowest BCUT2D eigenvalue weighted by Crippen LogP contribution is -2.46. The van der Waals surface area contributed by atoms with Crippen molar-refractivity contribution in [3.63, 3.8) is 0 Å². The minimum atomic E-state index is -0.131. The van der Waals surface area contributed by atoms with Crippen LogP contribution in [0.5, 0.6) is 0 Å². The number of carbonyl (C=O) groups is 1. The summed E-state index contributed by atoms with van der Waals surface area (Å²) in [6.45, 7) is 3.27. The van der Waals surface area contributed by atoms with Gasteiger partial charge in [-0.25, -0.2) is 9.97 Å². The van der Waals surface area contributed by atoms with E-state index in [1.165, 1.54) is 11.8 Å². The van der Waals surface area contributed by atoms with Gasteiger partial charge in [0.1, 0.15) is 11.0 Å². The van der Waals surface area contributed by atoms with Gasteiger partial charge in [-0.05, 0) is 35.7 Å². The molecule has 39 heavy (non-hydrogen) atoms. The minimum absolute atomic E-state index is 0.0787. The number of carbonyl (C=O) groups excluding carboxylic acids is 1. The Morgan fingerprint density at radius 1 is 0.846 bits per heavy atom. The van der Waals surface area contributed by atoms with E-state index in [0.29, 0.717) is 16.7 Å². The number of nitrogens with zero attached hydrogens (tertiary/aromatic N) is 4. The number of hydrogen-bond acceptors (Lipinski definition) is 6. The predicted molar refractivity (Wildman–Crippen MR) is 161 cm³/mol. The van der Waals surface area contributed by atoms with Crippen molar-refractivity contribution < 1.29 is 4.79 Å². The summed E-state index contributed by atoms with van der Waals surface area (Å²) < 4.78 is 0. The third kappa shape index (κ3) is 7.66. The molecule has 200 valence electrons. The number of hydrogen-bond donors (Lipinski definition) is 1. The maximum Gasteiger partial charge on any atom is 0.230 e. The van der Waals surface area contributed by atoms with Gasteiger partial charge in [0.05, 0.1) is 11.8 Å². The fourth-order valence-electron chi connectivity index (χ4n) is 4.63. The van der Waals surface area contributed by atoms with E-state index in [1.54, 1.807) is 6.07 Å².